The first kappa shape index (κ1) is 17.8. The lowest BCUT2D eigenvalue weighted by molar-refractivity contribution is -0.138. The van der Waals surface area contributed by atoms with Crippen LogP contribution in [0.3, 0.4) is 0 Å². The van der Waals surface area contributed by atoms with Gasteiger partial charge in [0, 0.05) is 5.69 Å². The first-order chi connectivity index (χ1) is 11.1. The normalized spacial score (nSPS) is 13.4. The van der Waals surface area contributed by atoms with Crippen LogP contribution in [0.15, 0.2) is 48.5 Å². The van der Waals surface area contributed by atoms with E-state index in [-0.39, 0.29) is 11.3 Å². The van der Waals surface area contributed by atoms with Crippen LogP contribution in [0.4, 0.5) is 32.0 Å². The monoisotopic (exact) mass is 347 g/mol. The van der Waals surface area contributed by atoms with E-state index in [2.05, 4.69) is 5.32 Å². The Hall–Kier alpha value is -2.51. The molecule has 2 nitrogen and oxygen atoms in total. The van der Waals surface area contributed by atoms with Crippen LogP contribution in [0.5, 0.6) is 0 Å². The summed E-state index contributed by atoms with van der Waals surface area (Å²) in [6.45, 7) is 0. The van der Waals surface area contributed by atoms with Crippen LogP contribution in [0.1, 0.15) is 22.7 Å². The molecule has 128 valence electrons. The van der Waals surface area contributed by atoms with Crippen molar-refractivity contribution in [2.24, 2.45) is 0 Å². The highest BCUT2D eigenvalue weighted by Gasteiger charge is 2.34. The SMILES string of the molecule is O=CC(Nc1ccccc1C(F)(F)F)c1ccc(C(F)(F)F)cc1. The third-order valence-electron chi connectivity index (χ3n) is 3.28. The molecule has 0 heterocycles. The summed E-state index contributed by atoms with van der Waals surface area (Å²) in [5, 5.41) is 2.41. The summed E-state index contributed by atoms with van der Waals surface area (Å²) in [5.74, 6) is 0. The minimum atomic E-state index is -4.63. The second-order valence-electron chi connectivity index (χ2n) is 4.92. The van der Waals surface area contributed by atoms with Crippen LogP contribution in [0, 0.1) is 0 Å². The van der Waals surface area contributed by atoms with Crippen molar-refractivity contribution in [2.75, 3.05) is 5.32 Å². The fourth-order valence-corrected chi connectivity index (χ4v) is 2.10. The van der Waals surface area contributed by atoms with Crippen LogP contribution in [-0.2, 0) is 17.1 Å². The number of halogens is 6. The highest BCUT2D eigenvalue weighted by molar-refractivity contribution is 5.69. The Labute approximate surface area is 133 Å². The van der Waals surface area contributed by atoms with Crippen molar-refractivity contribution >= 4 is 12.0 Å². The van der Waals surface area contributed by atoms with Gasteiger partial charge in [0.1, 0.15) is 12.3 Å². The molecule has 0 aliphatic heterocycles. The number of carbonyl (C=O) groups is 1. The van der Waals surface area contributed by atoms with E-state index in [0.29, 0.717) is 6.29 Å². The Kier molecular flexibility index (Phi) is 4.86. The molecule has 0 fully saturated rings. The van der Waals surface area contributed by atoms with Crippen LogP contribution >= 0.6 is 0 Å². The number of nitrogens with one attached hydrogen (secondary N) is 1. The second-order valence-corrected chi connectivity index (χ2v) is 4.92. The fourth-order valence-electron chi connectivity index (χ4n) is 2.10. The Balaban J connectivity index is 2.30. The van der Waals surface area contributed by atoms with Crippen molar-refractivity contribution < 1.29 is 31.1 Å². The highest BCUT2D eigenvalue weighted by Crippen LogP contribution is 2.36. The Morgan fingerprint density at radius 1 is 0.833 bits per heavy atom. The molecule has 24 heavy (non-hydrogen) atoms. The number of alkyl halides is 6. The van der Waals surface area contributed by atoms with Crippen molar-refractivity contribution in [3.63, 3.8) is 0 Å². The summed E-state index contributed by atoms with van der Waals surface area (Å²) in [6, 6.07) is 6.95. The van der Waals surface area contributed by atoms with E-state index in [1.54, 1.807) is 0 Å². The van der Waals surface area contributed by atoms with E-state index in [1.807, 2.05) is 0 Å². The molecule has 1 N–H and O–H groups in total. The van der Waals surface area contributed by atoms with Crippen molar-refractivity contribution in [1.29, 1.82) is 0 Å². The smallest absolute Gasteiger partial charge is 0.371 e. The van der Waals surface area contributed by atoms with Crippen molar-refractivity contribution in [3.05, 3.63) is 65.2 Å². The average Bonchev–Trinajstić information content (AvgIpc) is 2.51. The van der Waals surface area contributed by atoms with Gasteiger partial charge < -0.3 is 10.1 Å². The van der Waals surface area contributed by atoms with E-state index in [9.17, 15) is 31.1 Å². The third kappa shape index (κ3) is 4.06. The van der Waals surface area contributed by atoms with E-state index >= 15 is 0 Å². The van der Waals surface area contributed by atoms with Crippen LogP contribution in [0.25, 0.3) is 0 Å². The molecule has 0 aliphatic carbocycles. The van der Waals surface area contributed by atoms with Crippen molar-refractivity contribution in [2.45, 2.75) is 18.4 Å². The first-order valence-electron chi connectivity index (χ1n) is 6.68. The Bertz CT molecular complexity index is 706. The van der Waals surface area contributed by atoms with Gasteiger partial charge in [-0.1, -0.05) is 24.3 Å². The number of carbonyl (C=O) groups excluding carboxylic acids is 1. The fraction of sp³-hybridized carbons (Fsp3) is 0.188. The van der Waals surface area contributed by atoms with Gasteiger partial charge in [-0.15, -0.1) is 0 Å². The molecule has 0 bridgehead atoms. The molecule has 1 atom stereocenters. The Morgan fingerprint density at radius 2 is 1.42 bits per heavy atom. The predicted octanol–water partition coefficient (Wildman–Crippen LogP) is 5.08. The summed E-state index contributed by atoms with van der Waals surface area (Å²) < 4.78 is 76.4. The molecular weight excluding hydrogens is 336 g/mol. The van der Waals surface area contributed by atoms with Crippen LogP contribution in [0.2, 0.25) is 0 Å². The summed E-state index contributed by atoms with van der Waals surface area (Å²) in [7, 11) is 0. The van der Waals surface area contributed by atoms with Gasteiger partial charge in [-0.25, -0.2) is 0 Å². The number of aldehydes is 1. The van der Waals surface area contributed by atoms with Gasteiger partial charge in [0.2, 0.25) is 0 Å². The van der Waals surface area contributed by atoms with Gasteiger partial charge in [0.25, 0.3) is 0 Å². The zero-order valence-corrected chi connectivity index (χ0v) is 11.9. The van der Waals surface area contributed by atoms with E-state index in [0.717, 1.165) is 36.4 Å². The van der Waals surface area contributed by atoms with E-state index in [4.69, 9.17) is 0 Å². The van der Waals surface area contributed by atoms with Gasteiger partial charge in [-0.3, -0.25) is 0 Å². The summed E-state index contributed by atoms with van der Waals surface area (Å²) in [5.41, 5.74) is -2.09. The largest absolute Gasteiger partial charge is 0.418 e. The number of para-hydroxylation sites is 1. The van der Waals surface area contributed by atoms with Gasteiger partial charge in [0.15, 0.2) is 0 Å². The molecule has 0 aromatic heterocycles. The second kappa shape index (κ2) is 6.54. The molecule has 0 radical (unpaired) electrons. The topological polar surface area (TPSA) is 29.1 Å². The molecule has 2 aromatic rings. The highest BCUT2D eigenvalue weighted by atomic mass is 19.4. The number of hydrogen-bond acceptors (Lipinski definition) is 2. The maximum absolute atomic E-state index is 12.9. The molecule has 2 rings (SSSR count). The van der Waals surface area contributed by atoms with Gasteiger partial charge >= 0.3 is 12.4 Å². The summed E-state index contributed by atoms with van der Waals surface area (Å²) in [6.07, 6.45) is -8.83. The number of anilines is 1. The maximum atomic E-state index is 12.9. The predicted molar refractivity (Wildman–Crippen MR) is 75.3 cm³/mol. The van der Waals surface area contributed by atoms with Gasteiger partial charge in [0.05, 0.1) is 11.1 Å². The van der Waals surface area contributed by atoms with Gasteiger partial charge in [-0.05, 0) is 29.8 Å². The average molecular weight is 347 g/mol. The van der Waals surface area contributed by atoms with Gasteiger partial charge in [-0.2, -0.15) is 26.3 Å². The molecule has 0 aliphatic rings. The van der Waals surface area contributed by atoms with E-state index < -0.39 is 29.5 Å². The quantitative estimate of drug-likeness (QED) is 0.618. The zero-order valence-electron chi connectivity index (χ0n) is 11.9. The molecular formula is C16H11F6NO. The third-order valence-corrected chi connectivity index (χ3v) is 3.28. The first-order valence-corrected chi connectivity index (χ1v) is 6.68. The molecule has 0 amide bonds. The van der Waals surface area contributed by atoms with Crippen molar-refractivity contribution in [1.82, 2.24) is 0 Å². The minimum Gasteiger partial charge on any atom is -0.371 e. The molecule has 1 unspecified atom stereocenters. The molecule has 0 saturated heterocycles. The lowest BCUT2D eigenvalue weighted by Crippen LogP contribution is -2.16. The number of benzene rings is 2. The lowest BCUT2D eigenvalue weighted by atomic mass is 10.0. The standard InChI is InChI=1S/C16H11F6NO/c17-15(18,19)11-7-5-10(6-8-11)14(9-24)23-13-4-2-1-3-12(13)16(20,21)22/h1-9,14,23H. The minimum absolute atomic E-state index is 0.120. The molecule has 0 spiro atoms. The van der Waals surface area contributed by atoms with E-state index in [1.165, 1.54) is 12.1 Å². The zero-order chi connectivity index (χ0) is 18.0. The number of hydrogen-bond donors (Lipinski definition) is 1. The molecule has 0 saturated carbocycles. The lowest BCUT2D eigenvalue weighted by Gasteiger charge is -2.19. The summed E-state index contributed by atoms with van der Waals surface area (Å²) in [4.78, 5) is 11.2. The number of rotatable bonds is 4. The van der Waals surface area contributed by atoms with Crippen LogP contribution in [-0.4, -0.2) is 6.29 Å². The summed E-state index contributed by atoms with van der Waals surface area (Å²) >= 11 is 0. The Morgan fingerprint density at radius 3 is 1.92 bits per heavy atom. The van der Waals surface area contributed by atoms with Crippen LogP contribution < -0.4 is 5.32 Å². The molecule has 2 aromatic carbocycles. The maximum Gasteiger partial charge on any atom is 0.418 e. The molecule has 8 heteroatoms. The van der Waals surface area contributed by atoms with Crippen molar-refractivity contribution in [3.8, 4) is 0 Å².